The fraction of sp³-hybridized carbons (Fsp3) is 0.133. The van der Waals surface area contributed by atoms with Gasteiger partial charge in [0.15, 0.2) is 11.5 Å². The van der Waals surface area contributed by atoms with Crippen LogP contribution in [0.5, 0.6) is 11.5 Å². The van der Waals surface area contributed by atoms with Gasteiger partial charge in [0.2, 0.25) is 5.78 Å². The molecule has 2 aromatic rings. The minimum Gasteiger partial charge on any atom is -0.486 e. The van der Waals surface area contributed by atoms with Crippen LogP contribution in [0.25, 0.3) is 0 Å². The molecule has 0 aliphatic carbocycles. The molecule has 3 rings (SSSR count). The molecule has 1 aliphatic heterocycles. The van der Waals surface area contributed by atoms with Gasteiger partial charge >= 0.3 is 0 Å². The van der Waals surface area contributed by atoms with E-state index in [4.69, 9.17) is 9.47 Å². The molecule has 0 saturated heterocycles. The van der Waals surface area contributed by atoms with E-state index in [1.165, 1.54) is 12.1 Å². The van der Waals surface area contributed by atoms with Gasteiger partial charge in [0.05, 0.1) is 11.0 Å². The number of fused-ring (bicyclic) bond motifs is 1. The Morgan fingerprint density at radius 1 is 1.09 bits per heavy atom. The van der Waals surface area contributed by atoms with E-state index in [1.807, 2.05) is 0 Å². The number of hydrogen-bond acceptors (Lipinski definition) is 5. The Kier molecular flexibility index (Phi) is 3.81. The summed E-state index contributed by atoms with van der Waals surface area (Å²) in [4.78, 5) is 23.3. The molecular formula is C15H10BrNO5. The summed E-state index contributed by atoms with van der Waals surface area (Å²) in [5, 5.41) is 11.3. The molecule has 112 valence electrons. The Balaban J connectivity index is 2.15. The van der Waals surface area contributed by atoms with Gasteiger partial charge in [0.1, 0.15) is 18.8 Å². The van der Waals surface area contributed by atoms with Crippen LogP contribution in [0.2, 0.25) is 0 Å². The van der Waals surface area contributed by atoms with Crippen molar-refractivity contribution in [2.24, 2.45) is 0 Å². The monoisotopic (exact) mass is 363 g/mol. The van der Waals surface area contributed by atoms with Gasteiger partial charge in [-0.15, -0.1) is 0 Å². The van der Waals surface area contributed by atoms with E-state index in [0.29, 0.717) is 29.0 Å². The quantitative estimate of drug-likeness (QED) is 0.474. The number of ketones is 1. The lowest BCUT2D eigenvalue weighted by Gasteiger charge is -2.18. The lowest BCUT2D eigenvalue weighted by molar-refractivity contribution is -0.385. The molecule has 7 heteroatoms. The highest BCUT2D eigenvalue weighted by Crippen LogP contribution is 2.38. The number of ether oxygens (including phenoxy) is 2. The van der Waals surface area contributed by atoms with Crippen molar-refractivity contribution in [3.8, 4) is 11.5 Å². The third-order valence-electron chi connectivity index (χ3n) is 3.22. The lowest BCUT2D eigenvalue weighted by Crippen LogP contribution is -2.17. The predicted molar refractivity (Wildman–Crippen MR) is 81.7 cm³/mol. The normalized spacial score (nSPS) is 12.8. The van der Waals surface area contributed by atoms with Crippen LogP contribution in [0.15, 0.2) is 40.9 Å². The first-order valence-electron chi connectivity index (χ1n) is 6.45. The van der Waals surface area contributed by atoms with Crippen molar-refractivity contribution in [2.75, 3.05) is 13.2 Å². The summed E-state index contributed by atoms with van der Waals surface area (Å²) >= 11 is 3.28. The summed E-state index contributed by atoms with van der Waals surface area (Å²) in [7, 11) is 0. The molecule has 0 unspecified atom stereocenters. The first-order valence-corrected chi connectivity index (χ1v) is 7.24. The number of nitrogens with zero attached hydrogens (tertiary/aromatic N) is 1. The topological polar surface area (TPSA) is 78.7 Å². The number of hydrogen-bond donors (Lipinski definition) is 0. The van der Waals surface area contributed by atoms with E-state index < -0.39 is 10.7 Å². The first kappa shape index (κ1) is 14.5. The minimum absolute atomic E-state index is 0.0267. The molecule has 0 radical (unpaired) electrons. The average Bonchev–Trinajstić information content (AvgIpc) is 2.53. The number of rotatable bonds is 3. The van der Waals surface area contributed by atoms with Gasteiger partial charge in [-0.3, -0.25) is 14.9 Å². The maximum absolute atomic E-state index is 12.6. The largest absolute Gasteiger partial charge is 0.486 e. The molecule has 1 aliphatic rings. The average molecular weight is 364 g/mol. The Morgan fingerprint density at radius 3 is 2.36 bits per heavy atom. The number of nitro benzene ring substituents is 1. The van der Waals surface area contributed by atoms with Gasteiger partial charge in [-0.05, 0) is 12.1 Å². The Hall–Kier alpha value is -2.41. The van der Waals surface area contributed by atoms with Gasteiger partial charge in [0.25, 0.3) is 5.69 Å². The van der Waals surface area contributed by atoms with Crippen LogP contribution in [-0.4, -0.2) is 23.9 Å². The minimum atomic E-state index is -0.595. The second-order valence-corrected chi connectivity index (χ2v) is 5.43. The number of benzene rings is 2. The van der Waals surface area contributed by atoms with Crippen molar-refractivity contribution in [1.29, 1.82) is 0 Å². The van der Waals surface area contributed by atoms with E-state index in [1.54, 1.807) is 24.3 Å². The molecule has 0 fully saturated rings. The summed E-state index contributed by atoms with van der Waals surface area (Å²) in [6, 6.07) is 9.37. The molecule has 1 heterocycles. The molecule has 0 aromatic heterocycles. The summed E-state index contributed by atoms with van der Waals surface area (Å²) in [5.74, 6) is 0.171. The number of carbonyl (C=O) groups excluding carboxylic acids is 1. The molecule has 0 bridgehead atoms. The van der Waals surface area contributed by atoms with Crippen molar-refractivity contribution >= 4 is 27.4 Å². The Labute approximate surface area is 133 Å². The van der Waals surface area contributed by atoms with Crippen LogP contribution in [0.1, 0.15) is 15.9 Å². The van der Waals surface area contributed by atoms with Gasteiger partial charge in [-0.25, -0.2) is 0 Å². The van der Waals surface area contributed by atoms with E-state index in [2.05, 4.69) is 15.9 Å². The van der Waals surface area contributed by atoms with Gasteiger partial charge in [-0.1, -0.05) is 28.1 Å². The van der Waals surface area contributed by atoms with Crippen LogP contribution in [-0.2, 0) is 0 Å². The molecule has 0 spiro atoms. The predicted octanol–water partition coefficient (Wildman–Crippen LogP) is 3.36. The van der Waals surface area contributed by atoms with E-state index >= 15 is 0 Å². The van der Waals surface area contributed by atoms with Crippen LogP contribution >= 0.6 is 15.9 Å². The molecule has 0 N–H and O–H groups in total. The lowest BCUT2D eigenvalue weighted by atomic mass is 10.0. The fourth-order valence-corrected chi connectivity index (χ4v) is 2.67. The molecule has 0 atom stereocenters. The molecule has 2 aromatic carbocycles. The number of halogens is 1. The molecular weight excluding hydrogens is 354 g/mol. The number of carbonyl (C=O) groups is 1. The molecule has 0 amide bonds. The van der Waals surface area contributed by atoms with Crippen molar-refractivity contribution in [3.05, 3.63) is 62.1 Å². The van der Waals surface area contributed by atoms with Gasteiger partial charge < -0.3 is 9.47 Å². The van der Waals surface area contributed by atoms with Crippen molar-refractivity contribution < 1.29 is 19.2 Å². The van der Waals surface area contributed by atoms with Crippen LogP contribution in [0.3, 0.4) is 0 Å². The highest BCUT2D eigenvalue weighted by atomic mass is 79.9. The van der Waals surface area contributed by atoms with E-state index in [9.17, 15) is 14.9 Å². The van der Waals surface area contributed by atoms with E-state index in [0.717, 1.165) is 0 Å². The van der Waals surface area contributed by atoms with Crippen LogP contribution in [0, 0.1) is 10.1 Å². The second kappa shape index (κ2) is 5.76. The van der Waals surface area contributed by atoms with E-state index in [-0.39, 0.29) is 17.0 Å². The standard InChI is InChI=1S/C15H10BrNO5/c16-11-4-2-1-3-9(11)15(18)10-7-13-14(22-6-5-21-13)8-12(10)17(19)20/h1-4,7-8H,5-6H2. The fourth-order valence-electron chi connectivity index (χ4n) is 2.20. The zero-order valence-electron chi connectivity index (χ0n) is 11.2. The zero-order valence-corrected chi connectivity index (χ0v) is 12.8. The SMILES string of the molecule is O=C(c1ccccc1Br)c1cc2c(cc1[N+](=O)[O-])OCCO2. The zero-order chi connectivity index (χ0) is 15.7. The van der Waals surface area contributed by atoms with Crippen molar-refractivity contribution in [2.45, 2.75) is 0 Å². The van der Waals surface area contributed by atoms with Crippen LogP contribution in [0.4, 0.5) is 5.69 Å². The highest BCUT2D eigenvalue weighted by molar-refractivity contribution is 9.10. The maximum Gasteiger partial charge on any atom is 0.284 e. The molecule has 0 saturated carbocycles. The summed E-state index contributed by atoms with van der Waals surface area (Å²) in [6.45, 7) is 0.662. The first-order chi connectivity index (χ1) is 10.6. The molecule has 22 heavy (non-hydrogen) atoms. The Bertz CT molecular complexity index is 775. The second-order valence-electron chi connectivity index (χ2n) is 4.58. The summed E-state index contributed by atoms with van der Waals surface area (Å²) in [5.41, 5.74) is 0.0217. The Morgan fingerprint density at radius 2 is 1.73 bits per heavy atom. The van der Waals surface area contributed by atoms with Gasteiger partial charge in [0, 0.05) is 16.1 Å². The highest BCUT2D eigenvalue weighted by Gasteiger charge is 2.27. The third kappa shape index (κ3) is 2.55. The summed E-state index contributed by atoms with van der Waals surface area (Å²) in [6.07, 6.45) is 0. The van der Waals surface area contributed by atoms with Gasteiger partial charge in [-0.2, -0.15) is 0 Å². The third-order valence-corrected chi connectivity index (χ3v) is 3.91. The maximum atomic E-state index is 12.6. The smallest absolute Gasteiger partial charge is 0.284 e. The van der Waals surface area contributed by atoms with Crippen molar-refractivity contribution in [1.82, 2.24) is 0 Å². The summed E-state index contributed by atoms with van der Waals surface area (Å²) < 4.78 is 11.3. The van der Waals surface area contributed by atoms with Crippen molar-refractivity contribution in [3.63, 3.8) is 0 Å². The van der Waals surface area contributed by atoms with Crippen LogP contribution < -0.4 is 9.47 Å². The number of nitro groups is 1. The molecule has 6 nitrogen and oxygen atoms in total.